The van der Waals surface area contributed by atoms with Crippen molar-refractivity contribution in [2.24, 2.45) is 5.92 Å². The molecule has 29 heavy (non-hydrogen) atoms. The summed E-state index contributed by atoms with van der Waals surface area (Å²) >= 11 is 5.91. The fraction of sp³-hybridized carbons (Fsp3) is 0.400. The SMILES string of the molecule is C=C(c1ccc2c(-c3ccc(Cl)c(F)c3)cn(C(CCC)CCC)c2n1)C(C)C. The lowest BCUT2D eigenvalue weighted by Crippen LogP contribution is -2.09. The summed E-state index contributed by atoms with van der Waals surface area (Å²) in [6, 6.07) is 9.50. The second-order valence-electron chi connectivity index (χ2n) is 8.06. The molecule has 3 rings (SSSR count). The van der Waals surface area contributed by atoms with E-state index in [1.165, 1.54) is 6.07 Å². The molecule has 3 aromatic rings. The van der Waals surface area contributed by atoms with Gasteiger partial charge in [0.2, 0.25) is 0 Å². The predicted octanol–water partition coefficient (Wildman–Crippen LogP) is 8.31. The molecule has 0 amide bonds. The quantitative estimate of drug-likeness (QED) is 0.363. The van der Waals surface area contributed by atoms with Crippen LogP contribution in [0.1, 0.15) is 65.1 Å². The Morgan fingerprint density at radius 1 is 1.14 bits per heavy atom. The van der Waals surface area contributed by atoms with Gasteiger partial charge in [0.15, 0.2) is 0 Å². The minimum atomic E-state index is -0.401. The fourth-order valence-corrected chi connectivity index (χ4v) is 3.98. The van der Waals surface area contributed by atoms with Gasteiger partial charge < -0.3 is 4.57 Å². The third-order valence-electron chi connectivity index (χ3n) is 5.57. The van der Waals surface area contributed by atoms with E-state index in [9.17, 15) is 4.39 Å². The molecule has 154 valence electrons. The lowest BCUT2D eigenvalue weighted by atomic mass is 10.0. The van der Waals surface area contributed by atoms with Gasteiger partial charge in [0.25, 0.3) is 0 Å². The van der Waals surface area contributed by atoms with Crippen LogP contribution in [0.2, 0.25) is 5.02 Å². The molecular weight excluding hydrogens is 383 g/mol. The van der Waals surface area contributed by atoms with Crippen molar-refractivity contribution in [3.63, 3.8) is 0 Å². The number of hydrogen-bond donors (Lipinski definition) is 0. The summed E-state index contributed by atoms with van der Waals surface area (Å²) in [6.45, 7) is 12.9. The largest absolute Gasteiger partial charge is 0.329 e. The van der Waals surface area contributed by atoms with Gasteiger partial charge in [-0.1, -0.05) is 64.8 Å². The van der Waals surface area contributed by atoms with Crippen LogP contribution in [-0.4, -0.2) is 9.55 Å². The molecule has 2 nitrogen and oxygen atoms in total. The van der Waals surface area contributed by atoms with Crippen molar-refractivity contribution in [1.29, 1.82) is 0 Å². The third kappa shape index (κ3) is 4.40. The van der Waals surface area contributed by atoms with Gasteiger partial charge in [0.05, 0.1) is 10.7 Å². The Morgan fingerprint density at radius 3 is 2.41 bits per heavy atom. The molecule has 0 bridgehead atoms. The number of benzene rings is 1. The van der Waals surface area contributed by atoms with E-state index < -0.39 is 5.82 Å². The molecule has 0 atom stereocenters. The molecule has 1 aromatic carbocycles. The highest BCUT2D eigenvalue weighted by Gasteiger charge is 2.19. The molecule has 2 aromatic heterocycles. The first-order valence-corrected chi connectivity index (χ1v) is 10.9. The van der Waals surface area contributed by atoms with Crippen LogP contribution in [-0.2, 0) is 0 Å². The minimum Gasteiger partial charge on any atom is -0.329 e. The second-order valence-corrected chi connectivity index (χ2v) is 8.46. The summed E-state index contributed by atoms with van der Waals surface area (Å²) in [6.07, 6.45) is 6.52. The van der Waals surface area contributed by atoms with Crippen LogP contribution in [0.5, 0.6) is 0 Å². The van der Waals surface area contributed by atoms with E-state index >= 15 is 0 Å². The molecule has 0 aliphatic rings. The average Bonchev–Trinajstić information content (AvgIpc) is 3.08. The number of nitrogens with zero attached hydrogens (tertiary/aromatic N) is 2. The van der Waals surface area contributed by atoms with Gasteiger partial charge in [-0.2, -0.15) is 0 Å². The maximum atomic E-state index is 14.2. The van der Waals surface area contributed by atoms with Crippen LogP contribution in [0, 0.1) is 11.7 Å². The molecule has 0 aliphatic carbocycles. The molecule has 2 heterocycles. The predicted molar refractivity (Wildman–Crippen MR) is 123 cm³/mol. The Hall–Kier alpha value is -2.13. The Morgan fingerprint density at radius 2 is 1.83 bits per heavy atom. The summed E-state index contributed by atoms with van der Waals surface area (Å²) in [5.41, 5.74) is 4.71. The normalized spacial score (nSPS) is 11.7. The van der Waals surface area contributed by atoms with Crippen molar-refractivity contribution in [2.75, 3.05) is 0 Å². The second kappa shape index (κ2) is 9.13. The highest BCUT2D eigenvalue weighted by Crippen LogP contribution is 2.36. The lowest BCUT2D eigenvalue weighted by Gasteiger charge is -2.19. The molecular formula is C25H30ClFN2. The van der Waals surface area contributed by atoms with Crippen LogP contribution in [0.15, 0.2) is 43.1 Å². The van der Waals surface area contributed by atoms with E-state index in [2.05, 4.69) is 51.1 Å². The Kier molecular flexibility index (Phi) is 6.79. The molecule has 0 unspecified atom stereocenters. The van der Waals surface area contributed by atoms with Gasteiger partial charge in [-0.05, 0) is 54.2 Å². The summed E-state index contributed by atoms with van der Waals surface area (Å²) in [5.74, 6) is -0.0724. The number of rotatable bonds is 8. The third-order valence-corrected chi connectivity index (χ3v) is 5.88. The molecule has 0 fully saturated rings. The van der Waals surface area contributed by atoms with Crippen molar-refractivity contribution in [2.45, 2.75) is 59.4 Å². The van der Waals surface area contributed by atoms with Crippen LogP contribution in [0.25, 0.3) is 27.7 Å². The topological polar surface area (TPSA) is 17.8 Å². The number of allylic oxidation sites excluding steroid dienone is 1. The van der Waals surface area contributed by atoms with Crippen molar-refractivity contribution < 1.29 is 4.39 Å². The van der Waals surface area contributed by atoms with E-state index in [0.29, 0.717) is 12.0 Å². The Labute approximate surface area is 178 Å². The molecule has 4 heteroatoms. The zero-order valence-corrected chi connectivity index (χ0v) is 18.6. The van der Waals surface area contributed by atoms with Crippen molar-refractivity contribution in [3.8, 4) is 11.1 Å². The van der Waals surface area contributed by atoms with Crippen molar-refractivity contribution in [3.05, 3.63) is 59.6 Å². The zero-order valence-electron chi connectivity index (χ0n) is 17.8. The summed E-state index contributed by atoms with van der Waals surface area (Å²) in [7, 11) is 0. The highest BCUT2D eigenvalue weighted by molar-refractivity contribution is 6.30. The standard InChI is InChI=1S/C25H30ClFN2/c1-6-8-19(9-7-2)29-15-21(18-10-12-22(26)23(27)14-18)20-11-13-24(28-25(20)29)17(5)16(3)4/h10-16,19H,5-9H2,1-4H3. The van der Waals surface area contributed by atoms with E-state index in [-0.39, 0.29) is 5.02 Å². The summed E-state index contributed by atoms with van der Waals surface area (Å²) in [4.78, 5) is 5.01. The first-order valence-electron chi connectivity index (χ1n) is 10.5. The number of pyridine rings is 1. The van der Waals surface area contributed by atoms with E-state index in [4.69, 9.17) is 16.6 Å². The van der Waals surface area contributed by atoms with Crippen molar-refractivity contribution >= 4 is 28.2 Å². The first kappa shape index (κ1) is 21.6. The van der Waals surface area contributed by atoms with E-state index in [1.807, 2.05) is 12.1 Å². The maximum Gasteiger partial charge on any atom is 0.142 e. The summed E-state index contributed by atoms with van der Waals surface area (Å²) < 4.78 is 16.5. The van der Waals surface area contributed by atoms with Gasteiger partial charge in [-0.3, -0.25) is 0 Å². The Bertz CT molecular complexity index is 1010. The van der Waals surface area contributed by atoms with E-state index in [0.717, 1.165) is 59.1 Å². The monoisotopic (exact) mass is 412 g/mol. The zero-order chi connectivity index (χ0) is 21.1. The van der Waals surface area contributed by atoms with Gasteiger partial charge in [-0.15, -0.1) is 0 Å². The molecule has 0 N–H and O–H groups in total. The van der Waals surface area contributed by atoms with Crippen molar-refractivity contribution in [1.82, 2.24) is 9.55 Å². The van der Waals surface area contributed by atoms with E-state index in [1.54, 1.807) is 6.07 Å². The van der Waals surface area contributed by atoms with Crippen LogP contribution in [0.3, 0.4) is 0 Å². The van der Waals surface area contributed by atoms with Crippen LogP contribution < -0.4 is 0 Å². The number of fused-ring (bicyclic) bond motifs is 1. The van der Waals surface area contributed by atoms with Crippen LogP contribution >= 0.6 is 11.6 Å². The number of aromatic nitrogens is 2. The Balaban J connectivity index is 2.24. The van der Waals surface area contributed by atoms with Gasteiger partial charge >= 0.3 is 0 Å². The molecule has 0 saturated heterocycles. The number of hydrogen-bond acceptors (Lipinski definition) is 1. The van der Waals surface area contributed by atoms with Gasteiger partial charge in [0, 0.05) is 23.2 Å². The molecule has 0 aliphatic heterocycles. The average molecular weight is 413 g/mol. The lowest BCUT2D eigenvalue weighted by molar-refractivity contribution is 0.436. The van der Waals surface area contributed by atoms with Crippen LogP contribution in [0.4, 0.5) is 4.39 Å². The first-order chi connectivity index (χ1) is 13.9. The summed E-state index contributed by atoms with van der Waals surface area (Å²) in [5, 5.41) is 1.17. The maximum absolute atomic E-state index is 14.2. The fourth-order valence-electron chi connectivity index (χ4n) is 3.86. The smallest absolute Gasteiger partial charge is 0.142 e. The highest BCUT2D eigenvalue weighted by atomic mass is 35.5. The van der Waals surface area contributed by atoms with Gasteiger partial charge in [-0.25, -0.2) is 9.37 Å². The molecule has 0 radical (unpaired) electrons. The minimum absolute atomic E-state index is 0.140. The molecule has 0 saturated carbocycles. The number of halogens is 2. The molecule has 0 spiro atoms. The van der Waals surface area contributed by atoms with Gasteiger partial charge in [0.1, 0.15) is 11.5 Å².